The molecule has 11 nitrogen and oxygen atoms in total. The zero-order valence-electron chi connectivity index (χ0n) is 23.8. The SMILES string of the molecule is CN1CCN(Cc2cnc3n2CCN(Cc2ccc(F)cc2)C3)CC1.O=C(O)C(F)(F)F.O=C(O)C(F)(F)F.O=C(O)C(F)(F)F. The molecule has 4 rings (SSSR count). The van der Waals surface area contributed by atoms with Crippen molar-refractivity contribution in [2.45, 2.75) is 44.7 Å². The third-order valence-corrected chi connectivity index (χ3v) is 6.05. The number of aromatic nitrogens is 2. The molecule has 21 heteroatoms. The molecule has 260 valence electrons. The van der Waals surface area contributed by atoms with Crippen molar-refractivity contribution in [3.63, 3.8) is 0 Å². The number of rotatable bonds is 4. The van der Waals surface area contributed by atoms with E-state index in [1.54, 1.807) is 0 Å². The number of carboxylic acids is 3. The molecule has 0 atom stereocenters. The predicted octanol–water partition coefficient (Wildman–Crippen LogP) is 3.69. The molecule has 0 amide bonds. The van der Waals surface area contributed by atoms with Crippen molar-refractivity contribution in [3.8, 4) is 0 Å². The molecule has 0 radical (unpaired) electrons. The third kappa shape index (κ3) is 14.9. The zero-order chi connectivity index (χ0) is 35.5. The summed E-state index contributed by atoms with van der Waals surface area (Å²) in [6.45, 7) is 9.26. The maximum Gasteiger partial charge on any atom is 0.490 e. The maximum absolute atomic E-state index is 13.0. The number of likely N-dealkylation sites (N-methyl/N-ethyl adjacent to an activating group) is 1. The topological polar surface area (TPSA) is 139 Å². The van der Waals surface area contributed by atoms with Crippen LogP contribution in [0.2, 0.25) is 0 Å². The van der Waals surface area contributed by atoms with Crippen LogP contribution < -0.4 is 0 Å². The Bertz CT molecular complexity index is 1220. The van der Waals surface area contributed by atoms with Crippen molar-refractivity contribution >= 4 is 17.9 Å². The predicted molar refractivity (Wildman–Crippen MR) is 137 cm³/mol. The van der Waals surface area contributed by atoms with Gasteiger partial charge in [-0.15, -0.1) is 0 Å². The number of carboxylic acid groups (broad SMARTS) is 3. The molecular formula is C25H29F10N5O6. The third-order valence-electron chi connectivity index (χ3n) is 6.05. The average molecular weight is 686 g/mol. The molecule has 1 aromatic carbocycles. The van der Waals surface area contributed by atoms with Gasteiger partial charge in [-0.3, -0.25) is 9.80 Å². The fraction of sp³-hybridized carbons (Fsp3) is 0.520. The number of nitrogens with zero attached hydrogens (tertiary/aromatic N) is 5. The van der Waals surface area contributed by atoms with Crippen molar-refractivity contribution in [2.75, 3.05) is 39.8 Å². The first kappa shape index (κ1) is 40.0. The lowest BCUT2D eigenvalue weighted by Gasteiger charge is -2.33. The van der Waals surface area contributed by atoms with Gasteiger partial charge in [-0.2, -0.15) is 39.5 Å². The summed E-state index contributed by atoms with van der Waals surface area (Å²) < 4.78 is 111. The summed E-state index contributed by atoms with van der Waals surface area (Å²) >= 11 is 0. The molecule has 0 bridgehead atoms. The van der Waals surface area contributed by atoms with Crippen LogP contribution in [0.4, 0.5) is 43.9 Å². The van der Waals surface area contributed by atoms with E-state index in [4.69, 9.17) is 29.7 Å². The van der Waals surface area contributed by atoms with Crippen LogP contribution in [0.15, 0.2) is 30.5 Å². The van der Waals surface area contributed by atoms with Gasteiger partial charge in [0.1, 0.15) is 11.6 Å². The van der Waals surface area contributed by atoms with Crippen LogP contribution in [0.3, 0.4) is 0 Å². The zero-order valence-corrected chi connectivity index (χ0v) is 23.8. The second-order valence-corrected chi connectivity index (χ2v) is 9.64. The number of imidazole rings is 1. The minimum atomic E-state index is -5.08. The molecule has 1 fully saturated rings. The van der Waals surface area contributed by atoms with Crippen molar-refractivity contribution in [1.82, 2.24) is 24.3 Å². The highest BCUT2D eigenvalue weighted by Gasteiger charge is 2.39. The summed E-state index contributed by atoms with van der Waals surface area (Å²) in [5, 5.41) is 21.4. The first-order valence-corrected chi connectivity index (χ1v) is 12.8. The Morgan fingerprint density at radius 2 is 1.11 bits per heavy atom. The van der Waals surface area contributed by atoms with Gasteiger partial charge in [-0.25, -0.2) is 23.8 Å². The number of halogens is 10. The molecule has 46 heavy (non-hydrogen) atoms. The number of hydrogen-bond acceptors (Lipinski definition) is 7. The summed E-state index contributed by atoms with van der Waals surface area (Å²) in [4.78, 5) is 38.6. The molecule has 3 heterocycles. The molecule has 0 spiro atoms. The lowest BCUT2D eigenvalue weighted by atomic mass is 10.2. The number of fused-ring (bicyclic) bond motifs is 1. The normalized spacial score (nSPS) is 16.0. The van der Waals surface area contributed by atoms with E-state index >= 15 is 0 Å². The van der Waals surface area contributed by atoms with Crippen molar-refractivity contribution in [2.24, 2.45) is 0 Å². The first-order chi connectivity index (χ1) is 21.0. The molecule has 2 aliphatic heterocycles. The van der Waals surface area contributed by atoms with Gasteiger partial charge in [0.25, 0.3) is 0 Å². The van der Waals surface area contributed by atoms with Gasteiger partial charge in [0, 0.05) is 58.6 Å². The van der Waals surface area contributed by atoms with Crippen LogP contribution >= 0.6 is 0 Å². The summed E-state index contributed by atoms with van der Waals surface area (Å²) in [6.07, 6.45) is -13.2. The number of benzene rings is 1. The highest BCUT2D eigenvalue weighted by atomic mass is 19.4. The van der Waals surface area contributed by atoms with Crippen molar-refractivity contribution in [3.05, 3.63) is 53.4 Å². The molecule has 2 aromatic rings. The quantitative estimate of drug-likeness (QED) is 0.409. The monoisotopic (exact) mass is 685 g/mol. The maximum atomic E-state index is 13.0. The van der Waals surface area contributed by atoms with E-state index in [0.29, 0.717) is 0 Å². The Kier molecular flexibility index (Phi) is 14.9. The Hall–Kier alpha value is -3.98. The minimum absolute atomic E-state index is 0.175. The first-order valence-electron chi connectivity index (χ1n) is 12.8. The van der Waals surface area contributed by atoms with Gasteiger partial charge in [0.2, 0.25) is 0 Å². The molecule has 3 N–H and O–H groups in total. The van der Waals surface area contributed by atoms with Crippen LogP contribution in [0, 0.1) is 5.82 Å². The van der Waals surface area contributed by atoms with E-state index < -0.39 is 36.4 Å². The van der Waals surface area contributed by atoms with Crippen molar-refractivity contribution < 1.29 is 73.6 Å². The van der Waals surface area contributed by atoms with Crippen LogP contribution in [0.25, 0.3) is 0 Å². The lowest BCUT2D eigenvalue weighted by Crippen LogP contribution is -2.44. The van der Waals surface area contributed by atoms with E-state index in [1.807, 2.05) is 12.1 Å². The van der Waals surface area contributed by atoms with Gasteiger partial charge in [-0.1, -0.05) is 12.1 Å². The summed E-state index contributed by atoms with van der Waals surface area (Å²) in [6, 6.07) is 6.81. The fourth-order valence-corrected chi connectivity index (χ4v) is 3.72. The highest BCUT2D eigenvalue weighted by Crippen LogP contribution is 2.19. The fourth-order valence-electron chi connectivity index (χ4n) is 3.72. The second kappa shape index (κ2) is 17.1. The molecular weight excluding hydrogens is 656 g/mol. The molecule has 0 aliphatic carbocycles. The Morgan fingerprint density at radius 3 is 1.52 bits per heavy atom. The van der Waals surface area contributed by atoms with E-state index in [-0.39, 0.29) is 5.82 Å². The Labute approximate surface area is 254 Å². The largest absolute Gasteiger partial charge is 0.490 e. The van der Waals surface area contributed by atoms with Crippen molar-refractivity contribution in [1.29, 1.82) is 0 Å². The standard InChI is InChI=1S/C19H26FN5.3C2HF3O2/c1-22-6-8-23(9-7-22)14-18-12-21-19-15-24(10-11-25(18)19)13-16-2-4-17(20)5-3-16;3*3-2(4,5)1(6)7/h2-5,12H,6-11,13-15H2,1H3;3*(H,6,7). The van der Waals surface area contributed by atoms with Gasteiger partial charge in [0.05, 0.1) is 12.2 Å². The van der Waals surface area contributed by atoms with Gasteiger partial charge in [-0.05, 0) is 24.7 Å². The Balaban J connectivity index is 0.000000413. The molecule has 1 aromatic heterocycles. The van der Waals surface area contributed by atoms with Gasteiger partial charge >= 0.3 is 36.4 Å². The van der Waals surface area contributed by atoms with Crippen LogP contribution in [-0.2, 0) is 40.6 Å². The summed E-state index contributed by atoms with van der Waals surface area (Å²) in [7, 11) is 2.19. The molecule has 1 saturated heterocycles. The van der Waals surface area contributed by atoms with E-state index in [9.17, 15) is 43.9 Å². The van der Waals surface area contributed by atoms with E-state index in [1.165, 1.54) is 17.8 Å². The van der Waals surface area contributed by atoms with E-state index in [0.717, 1.165) is 70.3 Å². The summed E-state index contributed by atoms with van der Waals surface area (Å²) in [5.74, 6) is -7.29. The number of alkyl halides is 9. The van der Waals surface area contributed by atoms with E-state index in [2.05, 4.69) is 37.5 Å². The number of piperazine rings is 1. The average Bonchev–Trinajstić information content (AvgIpc) is 3.32. The van der Waals surface area contributed by atoms with Crippen LogP contribution in [0.1, 0.15) is 17.1 Å². The lowest BCUT2D eigenvalue weighted by molar-refractivity contribution is -0.193. The van der Waals surface area contributed by atoms with Crippen LogP contribution in [-0.4, -0.2) is 116 Å². The van der Waals surface area contributed by atoms with Crippen LogP contribution in [0.5, 0.6) is 0 Å². The second-order valence-electron chi connectivity index (χ2n) is 9.64. The number of carbonyl (C=O) groups is 3. The smallest absolute Gasteiger partial charge is 0.475 e. The molecule has 0 saturated carbocycles. The number of aliphatic carboxylic acids is 3. The minimum Gasteiger partial charge on any atom is -0.475 e. The number of hydrogen-bond donors (Lipinski definition) is 3. The molecule has 2 aliphatic rings. The highest BCUT2D eigenvalue weighted by molar-refractivity contribution is 5.73. The van der Waals surface area contributed by atoms with Gasteiger partial charge < -0.3 is 24.8 Å². The molecule has 0 unspecified atom stereocenters. The summed E-state index contributed by atoms with van der Waals surface area (Å²) in [5.41, 5.74) is 2.49. The Morgan fingerprint density at radius 1 is 0.696 bits per heavy atom. The van der Waals surface area contributed by atoms with Gasteiger partial charge in [0.15, 0.2) is 0 Å².